The third-order valence-corrected chi connectivity index (χ3v) is 6.43. The van der Waals surface area contributed by atoms with E-state index in [1.54, 1.807) is 39.8 Å². The number of aromatic nitrogens is 3. The second-order valence-electron chi connectivity index (χ2n) is 8.06. The zero-order chi connectivity index (χ0) is 23.1. The number of anilines is 1. The van der Waals surface area contributed by atoms with Crippen LogP contribution in [0.2, 0.25) is 5.15 Å². The molecule has 3 rings (SSSR count). The van der Waals surface area contributed by atoms with Gasteiger partial charge in [-0.3, -0.25) is 4.90 Å². The largest absolute Gasteiger partial charge is 0.443 e. The van der Waals surface area contributed by atoms with Crippen molar-refractivity contribution in [2.75, 3.05) is 11.2 Å². The zero-order valence-electron chi connectivity index (χ0n) is 17.7. The number of aryl methyl sites for hydroxylation is 1. The van der Waals surface area contributed by atoms with Gasteiger partial charge in [-0.1, -0.05) is 23.7 Å². The normalized spacial score (nSPS) is 12.2. The van der Waals surface area contributed by atoms with E-state index in [9.17, 15) is 13.2 Å². The van der Waals surface area contributed by atoms with Gasteiger partial charge in [0.2, 0.25) is 0 Å². The Kier molecular flexibility index (Phi) is 6.37. The smallest absolute Gasteiger partial charge is 0.416 e. The maximum Gasteiger partial charge on any atom is 0.416 e. The summed E-state index contributed by atoms with van der Waals surface area (Å²) in [6.45, 7) is 7.11. The van der Waals surface area contributed by atoms with Gasteiger partial charge in [-0.15, -0.1) is 0 Å². The Morgan fingerprint density at radius 1 is 1.29 bits per heavy atom. The molecule has 0 N–H and O–H groups in total. The Labute approximate surface area is 194 Å². The molecule has 8 nitrogen and oxygen atoms in total. The van der Waals surface area contributed by atoms with E-state index in [1.165, 1.54) is 27.6 Å². The third-order valence-electron chi connectivity index (χ3n) is 4.20. The summed E-state index contributed by atoms with van der Waals surface area (Å²) < 4.78 is 31.7. The van der Waals surface area contributed by atoms with Gasteiger partial charge in [0.1, 0.15) is 16.6 Å². The van der Waals surface area contributed by atoms with E-state index in [0.29, 0.717) is 27.2 Å². The Morgan fingerprint density at radius 3 is 2.58 bits per heavy atom. The summed E-state index contributed by atoms with van der Waals surface area (Å²) in [6.07, 6.45) is 0.499. The number of ether oxygens (including phenoxy) is 1. The Balaban J connectivity index is 2.16. The number of sulfone groups is 1. The number of rotatable bonds is 4. The number of hydrogen-bond donors (Lipinski definition) is 0. The highest BCUT2D eigenvalue weighted by molar-refractivity contribution is 9.10. The van der Waals surface area contributed by atoms with Crippen molar-refractivity contribution in [2.24, 2.45) is 0 Å². The number of hydrogen-bond acceptors (Lipinski definition) is 6. The minimum Gasteiger partial charge on any atom is -0.443 e. The molecule has 11 heteroatoms. The highest BCUT2D eigenvalue weighted by Gasteiger charge is 2.27. The summed E-state index contributed by atoms with van der Waals surface area (Å²) in [4.78, 5) is 19.0. The molecule has 0 radical (unpaired) electrons. The average Bonchev–Trinajstić information content (AvgIpc) is 2.92. The number of fused-ring (bicyclic) bond motifs is 1. The van der Waals surface area contributed by atoms with Gasteiger partial charge in [-0.25, -0.2) is 18.2 Å². The predicted molar refractivity (Wildman–Crippen MR) is 122 cm³/mol. The van der Waals surface area contributed by atoms with E-state index in [0.717, 1.165) is 6.26 Å². The van der Waals surface area contributed by atoms with Gasteiger partial charge in [0, 0.05) is 12.3 Å². The fraction of sp³-hybridized carbons (Fsp3) is 0.350. The van der Waals surface area contributed by atoms with Crippen molar-refractivity contribution in [1.29, 1.82) is 0 Å². The summed E-state index contributed by atoms with van der Waals surface area (Å²) in [5, 5.41) is 4.62. The predicted octanol–water partition coefficient (Wildman–Crippen LogP) is 4.80. The number of amides is 1. The average molecular weight is 530 g/mol. The quantitative estimate of drug-likeness (QED) is 0.451. The first-order valence-corrected chi connectivity index (χ1v) is 12.3. The van der Waals surface area contributed by atoms with Crippen LogP contribution in [0.5, 0.6) is 0 Å². The van der Waals surface area contributed by atoms with Crippen LogP contribution in [0.1, 0.15) is 32.0 Å². The van der Waals surface area contributed by atoms with Crippen LogP contribution in [0.3, 0.4) is 0 Å². The van der Waals surface area contributed by atoms with Gasteiger partial charge in [-0.05, 0) is 61.3 Å². The summed E-state index contributed by atoms with van der Waals surface area (Å²) >= 11 is 9.69. The topological polar surface area (TPSA) is 93.9 Å². The molecule has 0 bridgehead atoms. The molecule has 0 saturated heterocycles. The van der Waals surface area contributed by atoms with Crippen LogP contribution < -0.4 is 4.90 Å². The minimum absolute atomic E-state index is 0.0320. The fourth-order valence-electron chi connectivity index (χ4n) is 2.86. The lowest BCUT2D eigenvalue weighted by atomic mass is 10.2. The molecular weight excluding hydrogens is 508 g/mol. The maximum atomic E-state index is 13.2. The van der Waals surface area contributed by atoms with Crippen LogP contribution in [-0.2, 0) is 21.1 Å². The van der Waals surface area contributed by atoms with Crippen molar-refractivity contribution in [3.8, 4) is 0 Å². The molecule has 0 saturated carbocycles. The molecule has 1 aromatic carbocycles. The monoisotopic (exact) mass is 528 g/mol. The summed E-state index contributed by atoms with van der Waals surface area (Å²) in [5.74, 6) is 0.336. The SMILES string of the molecule is Cc1nn2c(N(Cc3cccc(S(C)(=O)=O)c3)C(=O)OC(C)(C)C)cc(Cl)nc2c1Br. The standard InChI is InChI=1S/C20H22BrClN4O4S/c1-12-17(21)18-23-15(22)10-16(26(18)24-12)25(19(27)30-20(2,3)4)11-13-7-6-8-14(9-13)31(5,28)29/h6-10H,11H2,1-5H3. The van der Waals surface area contributed by atoms with E-state index < -0.39 is 21.5 Å². The van der Waals surface area contributed by atoms with E-state index in [-0.39, 0.29) is 16.6 Å². The molecule has 3 aromatic rings. The zero-order valence-corrected chi connectivity index (χ0v) is 20.8. The van der Waals surface area contributed by atoms with Gasteiger partial charge >= 0.3 is 6.09 Å². The van der Waals surface area contributed by atoms with Crippen LogP contribution in [-0.4, -0.2) is 41.0 Å². The highest BCUT2D eigenvalue weighted by Crippen LogP contribution is 2.29. The molecule has 0 spiro atoms. The van der Waals surface area contributed by atoms with E-state index in [4.69, 9.17) is 16.3 Å². The molecule has 2 heterocycles. The molecule has 0 aliphatic rings. The van der Waals surface area contributed by atoms with Crippen molar-refractivity contribution >= 4 is 54.9 Å². The summed E-state index contributed by atoms with van der Waals surface area (Å²) in [6, 6.07) is 7.90. The third kappa shape index (κ3) is 5.36. The van der Waals surface area contributed by atoms with Gasteiger partial charge in [-0.2, -0.15) is 9.61 Å². The number of halogens is 2. The first-order valence-electron chi connectivity index (χ1n) is 9.27. The lowest BCUT2D eigenvalue weighted by molar-refractivity contribution is 0.0575. The lowest BCUT2D eigenvalue weighted by Gasteiger charge is -2.27. The number of carbonyl (C=O) groups is 1. The second-order valence-corrected chi connectivity index (χ2v) is 11.3. The molecule has 0 atom stereocenters. The van der Waals surface area contributed by atoms with Crippen molar-refractivity contribution in [2.45, 2.75) is 44.7 Å². The van der Waals surface area contributed by atoms with Gasteiger partial charge < -0.3 is 4.74 Å². The molecule has 31 heavy (non-hydrogen) atoms. The van der Waals surface area contributed by atoms with Crippen molar-refractivity contribution in [3.05, 3.63) is 51.2 Å². The Morgan fingerprint density at radius 2 is 1.97 bits per heavy atom. The molecule has 2 aromatic heterocycles. The fourth-order valence-corrected chi connectivity index (χ4v) is 4.06. The van der Waals surface area contributed by atoms with Crippen molar-refractivity contribution in [1.82, 2.24) is 14.6 Å². The molecule has 0 fully saturated rings. The van der Waals surface area contributed by atoms with Crippen LogP contribution in [0, 0.1) is 6.92 Å². The first-order chi connectivity index (χ1) is 14.3. The van der Waals surface area contributed by atoms with Gasteiger partial charge in [0.15, 0.2) is 15.5 Å². The van der Waals surface area contributed by atoms with Crippen LogP contribution in [0.4, 0.5) is 10.6 Å². The van der Waals surface area contributed by atoms with Crippen molar-refractivity contribution in [3.63, 3.8) is 0 Å². The first kappa shape index (κ1) is 23.5. The summed E-state index contributed by atoms with van der Waals surface area (Å²) in [5.41, 5.74) is 0.955. The minimum atomic E-state index is -3.41. The summed E-state index contributed by atoms with van der Waals surface area (Å²) in [7, 11) is -3.41. The van der Waals surface area contributed by atoms with Gasteiger partial charge in [0.25, 0.3) is 0 Å². The maximum absolute atomic E-state index is 13.2. The van der Waals surface area contributed by atoms with Crippen molar-refractivity contribution < 1.29 is 17.9 Å². The molecule has 0 aliphatic heterocycles. The molecule has 0 aliphatic carbocycles. The van der Waals surface area contributed by atoms with E-state index in [2.05, 4.69) is 26.0 Å². The van der Waals surface area contributed by atoms with E-state index in [1.807, 2.05) is 0 Å². The van der Waals surface area contributed by atoms with Crippen LogP contribution >= 0.6 is 27.5 Å². The number of nitrogens with zero attached hydrogens (tertiary/aromatic N) is 4. The van der Waals surface area contributed by atoms with Crippen LogP contribution in [0.25, 0.3) is 5.65 Å². The molecular formula is C20H22BrClN4O4S. The lowest BCUT2D eigenvalue weighted by Crippen LogP contribution is -2.37. The second kappa shape index (κ2) is 8.40. The van der Waals surface area contributed by atoms with Crippen LogP contribution in [0.15, 0.2) is 39.7 Å². The molecule has 0 unspecified atom stereocenters. The number of benzene rings is 1. The van der Waals surface area contributed by atoms with Gasteiger partial charge in [0.05, 0.1) is 21.6 Å². The number of carbonyl (C=O) groups excluding carboxylic acids is 1. The highest BCUT2D eigenvalue weighted by atomic mass is 79.9. The Hall–Kier alpha value is -2.17. The van der Waals surface area contributed by atoms with E-state index >= 15 is 0 Å². The Bertz CT molecular complexity index is 1270. The molecule has 1 amide bonds. The molecule has 166 valence electrons.